The number of methoxy groups -OCH3 is 1. The molecule has 2 aromatic heterocycles. The van der Waals surface area contributed by atoms with Crippen LogP contribution in [0, 0.1) is 5.82 Å². The lowest BCUT2D eigenvalue weighted by Crippen LogP contribution is -1.97. The van der Waals surface area contributed by atoms with E-state index in [0.29, 0.717) is 5.16 Å². The van der Waals surface area contributed by atoms with Crippen molar-refractivity contribution in [2.45, 2.75) is 10.2 Å². The molecule has 1 aromatic carbocycles. The van der Waals surface area contributed by atoms with E-state index in [4.69, 9.17) is 10.5 Å². The molecule has 0 aliphatic carbocycles. The van der Waals surface area contributed by atoms with E-state index in [1.165, 1.54) is 0 Å². The Kier molecular flexibility index (Phi) is 3.15. The largest absolute Gasteiger partial charge is 0.497 e. The van der Waals surface area contributed by atoms with E-state index in [2.05, 4.69) is 19.9 Å². The van der Waals surface area contributed by atoms with E-state index >= 15 is 0 Å². The summed E-state index contributed by atoms with van der Waals surface area (Å²) in [6, 6.07) is 5.44. The maximum Gasteiger partial charge on any atom is 0.221 e. The number of nitrogens with two attached hydrogens (primary N) is 1. The molecule has 20 heavy (non-hydrogen) atoms. The predicted octanol–water partition coefficient (Wildman–Crippen LogP) is 2.23. The fraction of sp³-hybridized carbons (Fsp3) is 0.0833. The highest BCUT2D eigenvalue weighted by Gasteiger charge is 2.11. The highest BCUT2D eigenvalue weighted by Crippen LogP contribution is 2.28. The van der Waals surface area contributed by atoms with Gasteiger partial charge in [-0.2, -0.15) is 0 Å². The number of halogens is 1. The van der Waals surface area contributed by atoms with Crippen molar-refractivity contribution < 1.29 is 9.13 Å². The molecule has 0 fully saturated rings. The minimum Gasteiger partial charge on any atom is -0.497 e. The van der Waals surface area contributed by atoms with Gasteiger partial charge in [-0.05, 0) is 23.9 Å². The number of nitrogens with zero attached hydrogens (tertiary/aromatic N) is 3. The number of benzene rings is 1. The maximum absolute atomic E-state index is 13.6. The van der Waals surface area contributed by atoms with Gasteiger partial charge in [-0.25, -0.2) is 19.3 Å². The molecule has 0 unspecified atom stereocenters. The molecule has 0 bridgehead atoms. The average molecular weight is 291 g/mol. The highest BCUT2D eigenvalue weighted by atomic mass is 32.2. The van der Waals surface area contributed by atoms with E-state index in [1.54, 1.807) is 13.2 Å². The summed E-state index contributed by atoms with van der Waals surface area (Å²) < 4.78 is 18.7. The van der Waals surface area contributed by atoms with E-state index in [0.717, 1.165) is 34.7 Å². The van der Waals surface area contributed by atoms with Crippen LogP contribution in [-0.4, -0.2) is 27.0 Å². The van der Waals surface area contributed by atoms with Gasteiger partial charge in [0.25, 0.3) is 0 Å². The molecular formula is C12H10FN5OS. The average Bonchev–Trinajstić information content (AvgIpc) is 2.84. The number of hydrogen-bond donors (Lipinski definition) is 2. The molecule has 0 saturated heterocycles. The maximum atomic E-state index is 13.6. The Balaban J connectivity index is 1.96. The van der Waals surface area contributed by atoms with Crippen molar-refractivity contribution in [3.8, 4) is 5.75 Å². The van der Waals surface area contributed by atoms with Crippen LogP contribution >= 0.6 is 11.8 Å². The Bertz CT molecular complexity index is 776. The van der Waals surface area contributed by atoms with Gasteiger partial charge in [-0.15, -0.1) is 0 Å². The van der Waals surface area contributed by atoms with Gasteiger partial charge in [0.05, 0.1) is 24.3 Å². The first-order chi connectivity index (χ1) is 9.65. The van der Waals surface area contributed by atoms with Crippen molar-refractivity contribution >= 4 is 28.7 Å². The monoisotopic (exact) mass is 291 g/mol. The number of imidazole rings is 1. The second kappa shape index (κ2) is 4.97. The highest BCUT2D eigenvalue weighted by molar-refractivity contribution is 7.99. The number of anilines is 1. The van der Waals surface area contributed by atoms with Gasteiger partial charge in [0.1, 0.15) is 10.8 Å². The first-order valence-electron chi connectivity index (χ1n) is 5.65. The quantitative estimate of drug-likeness (QED) is 0.719. The van der Waals surface area contributed by atoms with Gasteiger partial charge < -0.3 is 15.5 Å². The molecule has 0 saturated carbocycles. The molecule has 0 aliphatic rings. The van der Waals surface area contributed by atoms with Crippen LogP contribution in [0.1, 0.15) is 0 Å². The third-order valence-corrected chi connectivity index (χ3v) is 3.46. The van der Waals surface area contributed by atoms with Gasteiger partial charge in [0.15, 0.2) is 11.0 Å². The van der Waals surface area contributed by atoms with Crippen LogP contribution in [0.5, 0.6) is 5.75 Å². The van der Waals surface area contributed by atoms with Crippen molar-refractivity contribution in [1.82, 2.24) is 19.9 Å². The van der Waals surface area contributed by atoms with Crippen molar-refractivity contribution in [3.05, 3.63) is 30.2 Å². The summed E-state index contributed by atoms with van der Waals surface area (Å²) in [6.45, 7) is 0. The lowest BCUT2D eigenvalue weighted by Gasteiger charge is -1.99. The van der Waals surface area contributed by atoms with Gasteiger partial charge >= 0.3 is 0 Å². The minimum absolute atomic E-state index is 0.0201. The van der Waals surface area contributed by atoms with Crippen molar-refractivity contribution in [2.75, 3.05) is 12.8 Å². The topological polar surface area (TPSA) is 89.7 Å². The number of aromatic amines is 1. The molecule has 3 N–H and O–H groups in total. The fourth-order valence-corrected chi connectivity index (χ4v) is 2.45. The summed E-state index contributed by atoms with van der Waals surface area (Å²) in [4.78, 5) is 14.8. The van der Waals surface area contributed by atoms with E-state index < -0.39 is 5.82 Å². The van der Waals surface area contributed by atoms with Crippen molar-refractivity contribution in [3.63, 3.8) is 0 Å². The molecule has 0 spiro atoms. The van der Waals surface area contributed by atoms with Crippen LogP contribution < -0.4 is 10.5 Å². The Morgan fingerprint density at radius 1 is 1.35 bits per heavy atom. The Labute approximate surface area is 117 Å². The molecule has 3 aromatic rings. The van der Waals surface area contributed by atoms with Gasteiger partial charge in [0, 0.05) is 6.07 Å². The summed E-state index contributed by atoms with van der Waals surface area (Å²) in [7, 11) is 1.59. The first kappa shape index (κ1) is 12.7. The second-order valence-corrected chi connectivity index (χ2v) is 4.89. The van der Waals surface area contributed by atoms with Crippen molar-refractivity contribution in [1.29, 1.82) is 0 Å². The lowest BCUT2D eigenvalue weighted by atomic mass is 10.3. The number of hydrogen-bond acceptors (Lipinski definition) is 6. The molecule has 3 rings (SSSR count). The van der Waals surface area contributed by atoms with Gasteiger partial charge in [-0.3, -0.25) is 0 Å². The second-order valence-electron chi connectivity index (χ2n) is 3.91. The van der Waals surface area contributed by atoms with Gasteiger partial charge in [0.2, 0.25) is 5.95 Å². The molecule has 0 atom stereocenters. The molecule has 0 aliphatic heterocycles. The molecule has 8 heteroatoms. The normalized spacial score (nSPS) is 10.9. The Morgan fingerprint density at radius 3 is 3.00 bits per heavy atom. The summed E-state index contributed by atoms with van der Waals surface area (Å²) in [5, 5.41) is 0.647. The van der Waals surface area contributed by atoms with Crippen LogP contribution in [0.25, 0.3) is 11.0 Å². The summed E-state index contributed by atoms with van der Waals surface area (Å²) >= 11 is 1.05. The summed E-state index contributed by atoms with van der Waals surface area (Å²) in [6.07, 6.45) is 1.04. The summed E-state index contributed by atoms with van der Waals surface area (Å²) in [5.74, 6) is 0.198. The Morgan fingerprint density at radius 2 is 2.20 bits per heavy atom. The SMILES string of the molecule is COc1ccc2nc(Sc3nc(N)ncc3F)[nH]c2c1. The van der Waals surface area contributed by atoms with Crippen LogP contribution in [0.4, 0.5) is 10.3 Å². The predicted molar refractivity (Wildman–Crippen MR) is 73.2 cm³/mol. The number of fused-ring (bicyclic) bond motifs is 1. The zero-order valence-electron chi connectivity index (χ0n) is 10.4. The lowest BCUT2D eigenvalue weighted by molar-refractivity contribution is 0.415. The zero-order valence-corrected chi connectivity index (χ0v) is 11.2. The molecule has 2 heterocycles. The zero-order chi connectivity index (χ0) is 14.1. The molecule has 102 valence electrons. The van der Waals surface area contributed by atoms with E-state index in [9.17, 15) is 4.39 Å². The smallest absolute Gasteiger partial charge is 0.221 e. The summed E-state index contributed by atoms with van der Waals surface area (Å²) in [5.41, 5.74) is 7.00. The molecule has 6 nitrogen and oxygen atoms in total. The van der Waals surface area contributed by atoms with Crippen LogP contribution in [0.2, 0.25) is 0 Å². The standard InChI is InChI=1S/C12H10FN5OS/c1-19-6-2-3-8-9(4-6)17-12(16-8)20-10-7(13)5-15-11(14)18-10/h2-5H,1H3,(H,16,17)(H2,14,15,18). The molecular weight excluding hydrogens is 281 g/mol. The van der Waals surface area contributed by atoms with Crippen molar-refractivity contribution in [2.24, 2.45) is 0 Å². The number of nitrogens with one attached hydrogen (secondary N) is 1. The van der Waals surface area contributed by atoms with Gasteiger partial charge in [-0.1, -0.05) is 0 Å². The van der Waals surface area contributed by atoms with E-state index in [-0.39, 0.29) is 11.0 Å². The third-order valence-electron chi connectivity index (χ3n) is 2.59. The molecule has 0 radical (unpaired) electrons. The van der Waals surface area contributed by atoms with Crippen LogP contribution in [0.15, 0.2) is 34.6 Å². The van der Waals surface area contributed by atoms with Crippen LogP contribution in [0.3, 0.4) is 0 Å². The number of ether oxygens (including phenoxy) is 1. The third kappa shape index (κ3) is 2.37. The van der Waals surface area contributed by atoms with E-state index in [1.807, 2.05) is 12.1 Å². The fourth-order valence-electron chi connectivity index (χ4n) is 1.67. The number of nitrogen functional groups attached to an aromatic ring is 1. The Hall–Kier alpha value is -2.35. The minimum atomic E-state index is -0.540. The number of H-pyrrole nitrogens is 1. The number of aromatic nitrogens is 4. The first-order valence-corrected chi connectivity index (χ1v) is 6.47. The molecule has 0 amide bonds. The number of rotatable bonds is 3. The van der Waals surface area contributed by atoms with Crippen LogP contribution in [-0.2, 0) is 0 Å².